The normalized spacial score (nSPS) is 10.0. The number of ether oxygens (including phenoxy) is 2. The highest BCUT2D eigenvalue weighted by atomic mass is 19.1. The van der Waals surface area contributed by atoms with Gasteiger partial charge in [0.25, 0.3) is 5.91 Å². The average Bonchev–Trinajstić information content (AvgIpc) is 2.66. The molecular formula is C17H13FN2O7. The molecule has 0 aliphatic rings. The zero-order valence-corrected chi connectivity index (χ0v) is 13.9. The van der Waals surface area contributed by atoms with Gasteiger partial charge in [0.1, 0.15) is 0 Å². The first kappa shape index (κ1) is 19.5. The van der Waals surface area contributed by atoms with Gasteiger partial charge in [-0.15, -0.1) is 0 Å². The molecule has 0 aliphatic heterocycles. The van der Waals surface area contributed by atoms with Gasteiger partial charge in [-0.05, 0) is 24.3 Å². The Labute approximate surface area is 151 Å². The zero-order chi connectivity index (χ0) is 20.0. The number of halogens is 1. The van der Waals surface area contributed by atoms with Crippen molar-refractivity contribution in [3.8, 4) is 0 Å². The Kier molecular flexibility index (Phi) is 6.15. The van der Waals surface area contributed by atoms with Crippen LogP contribution in [0.2, 0.25) is 0 Å². The van der Waals surface area contributed by atoms with E-state index >= 15 is 0 Å². The van der Waals surface area contributed by atoms with Gasteiger partial charge >= 0.3 is 17.6 Å². The summed E-state index contributed by atoms with van der Waals surface area (Å²) in [5.74, 6) is -3.54. The number of rotatable bonds is 6. The highest BCUT2D eigenvalue weighted by molar-refractivity contribution is 6.04. The van der Waals surface area contributed by atoms with Gasteiger partial charge < -0.3 is 14.8 Å². The molecule has 0 spiro atoms. The highest BCUT2D eigenvalue weighted by Gasteiger charge is 2.20. The van der Waals surface area contributed by atoms with Crippen LogP contribution in [0.25, 0.3) is 0 Å². The van der Waals surface area contributed by atoms with Crippen molar-refractivity contribution in [3.63, 3.8) is 0 Å². The molecule has 0 heterocycles. The summed E-state index contributed by atoms with van der Waals surface area (Å²) < 4.78 is 22.7. The predicted molar refractivity (Wildman–Crippen MR) is 89.7 cm³/mol. The molecule has 2 aromatic rings. The first-order valence-electron chi connectivity index (χ1n) is 7.41. The number of carbonyl (C=O) groups excluding carboxylic acids is 3. The van der Waals surface area contributed by atoms with Crippen LogP contribution in [-0.4, -0.2) is 36.5 Å². The van der Waals surface area contributed by atoms with E-state index in [4.69, 9.17) is 4.74 Å². The van der Waals surface area contributed by atoms with Crippen LogP contribution in [0.5, 0.6) is 0 Å². The second-order valence-corrected chi connectivity index (χ2v) is 5.08. The van der Waals surface area contributed by atoms with Crippen LogP contribution in [0, 0.1) is 15.9 Å². The summed E-state index contributed by atoms with van der Waals surface area (Å²) in [5, 5.41) is 12.9. The molecule has 0 saturated heterocycles. The number of benzene rings is 2. The van der Waals surface area contributed by atoms with Crippen molar-refractivity contribution in [2.75, 3.05) is 19.0 Å². The molecule has 1 amide bonds. The van der Waals surface area contributed by atoms with Crippen LogP contribution in [0.4, 0.5) is 15.8 Å². The van der Waals surface area contributed by atoms with Crippen LogP contribution in [-0.2, 0) is 14.3 Å². The second-order valence-electron chi connectivity index (χ2n) is 5.08. The van der Waals surface area contributed by atoms with E-state index < -0.39 is 40.9 Å². The third kappa shape index (κ3) is 4.84. The molecule has 2 aromatic carbocycles. The number of nitrogens with zero attached hydrogens (tertiary/aromatic N) is 1. The molecule has 1 N–H and O–H groups in total. The van der Waals surface area contributed by atoms with Crippen molar-refractivity contribution in [3.05, 3.63) is 69.5 Å². The number of nitro groups is 1. The topological polar surface area (TPSA) is 125 Å². The number of esters is 2. The Morgan fingerprint density at radius 2 is 1.74 bits per heavy atom. The van der Waals surface area contributed by atoms with Gasteiger partial charge in [0, 0.05) is 11.8 Å². The van der Waals surface area contributed by atoms with Crippen LogP contribution in [0.15, 0.2) is 42.5 Å². The fourth-order valence-electron chi connectivity index (χ4n) is 2.09. The Morgan fingerprint density at radius 1 is 1.11 bits per heavy atom. The zero-order valence-electron chi connectivity index (χ0n) is 13.9. The third-order valence-corrected chi connectivity index (χ3v) is 3.31. The Bertz CT molecular complexity index is 914. The lowest BCUT2D eigenvalue weighted by atomic mass is 10.1. The quantitative estimate of drug-likeness (QED) is 0.466. The number of methoxy groups -OCH3 is 1. The van der Waals surface area contributed by atoms with Crippen LogP contribution >= 0.6 is 0 Å². The van der Waals surface area contributed by atoms with Crippen molar-refractivity contribution in [2.24, 2.45) is 0 Å². The van der Waals surface area contributed by atoms with E-state index in [0.717, 1.165) is 25.3 Å². The molecule has 0 bridgehead atoms. The minimum atomic E-state index is -1.05. The number of nitrogens with one attached hydrogen (secondary N) is 1. The molecule has 0 atom stereocenters. The van der Waals surface area contributed by atoms with Gasteiger partial charge in [-0.2, -0.15) is 4.39 Å². The van der Waals surface area contributed by atoms with E-state index in [0.29, 0.717) is 0 Å². The predicted octanol–water partition coefficient (Wildman–Crippen LogP) is 2.32. The van der Waals surface area contributed by atoms with Crippen molar-refractivity contribution < 1.29 is 33.2 Å². The first-order chi connectivity index (χ1) is 12.8. The van der Waals surface area contributed by atoms with Crippen molar-refractivity contribution in [1.29, 1.82) is 0 Å². The monoisotopic (exact) mass is 376 g/mol. The van der Waals surface area contributed by atoms with E-state index in [1.807, 2.05) is 0 Å². The second kappa shape index (κ2) is 8.52. The Balaban J connectivity index is 2.02. The smallest absolute Gasteiger partial charge is 0.339 e. The number of nitro benzene ring substituents is 1. The minimum Gasteiger partial charge on any atom is -0.465 e. The molecule has 0 radical (unpaired) electrons. The average molecular weight is 376 g/mol. The molecule has 0 unspecified atom stereocenters. The van der Waals surface area contributed by atoms with Gasteiger partial charge in [0.15, 0.2) is 6.61 Å². The molecule has 140 valence electrons. The van der Waals surface area contributed by atoms with Gasteiger partial charge in [-0.25, -0.2) is 9.59 Å². The SMILES string of the molecule is COC(=O)c1ccccc1C(=O)OCC(=O)Nc1ccc(F)c([N+](=O)[O-])c1. The molecule has 0 aliphatic carbocycles. The van der Waals surface area contributed by atoms with Crippen LogP contribution in [0.3, 0.4) is 0 Å². The van der Waals surface area contributed by atoms with Crippen molar-refractivity contribution >= 4 is 29.2 Å². The van der Waals surface area contributed by atoms with Crippen molar-refractivity contribution in [1.82, 2.24) is 0 Å². The molecule has 27 heavy (non-hydrogen) atoms. The van der Waals surface area contributed by atoms with E-state index in [1.54, 1.807) is 0 Å². The lowest BCUT2D eigenvalue weighted by Gasteiger charge is -2.09. The number of amides is 1. The molecule has 0 fully saturated rings. The Hall–Kier alpha value is -3.82. The van der Waals surface area contributed by atoms with Crippen molar-refractivity contribution in [2.45, 2.75) is 0 Å². The van der Waals surface area contributed by atoms with Crippen LogP contribution in [0.1, 0.15) is 20.7 Å². The highest BCUT2D eigenvalue weighted by Crippen LogP contribution is 2.21. The number of anilines is 1. The van der Waals surface area contributed by atoms with Gasteiger partial charge in [-0.3, -0.25) is 14.9 Å². The summed E-state index contributed by atoms with van der Waals surface area (Å²) in [6.07, 6.45) is 0. The molecular weight excluding hydrogens is 363 g/mol. The summed E-state index contributed by atoms with van der Waals surface area (Å²) in [6.45, 7) is -0.723. The fraction of sp³-hybridized carbons (Fsp3) is 0.118. The molecule has 0 saturated carbocycles. The fourth-order valence-corrected chi connectivity index (χ4v) is 2.09. The van der Waals surface area contributed by atoms with Gasteiger partial charge in [-0.1, -0.05) is 12.1 Å². The summed E-state index contributed by atoms with van der Waals surface area (Å²) in [4.78, 5) is 45.3. The largest absolute Gasteiger partial charge is 0.465 e. The summed E-state index contributed by atoms with van der Waals surface area (Å²) in [5.41, 5.74) is -0.968. The lowest BCUT2D eigenvalue weighted by Crippen LogP contribution is -2.22. The number of hydrogen-bond acceptors (Lipinski definition) is 7. The summed E-state index contributed by atoms with van der Waals surface area (Å²) in [7, 11) is 1.15. The molecule has 2 rings (SSSR count). The maximum atomic E-state index is 13.3. The van der Waals surface area contributed by atoms with E-state index in [9.17, 15) is 28.9 Å². The third-order valence-electron chi connectivity index (χ3n) is 3.31. The molecule has 10 heteroatoms. The van der Waals surface area contributed by atoms with E-state index in [-0.39, 0.29) is 16.8 Å². The van der Waals surface area contributed by atoms with E-state index in [1.165, 1.54) is 24.3 Å². The Morgan fingerprint density at radius 3 is 2.33 bits per heavy atom. The summed E-state index contributed by atoms with van der Waals surface area (Å²) >= 11 is 0. The van der Waals surface area contributed by atoms with E-state index in [2.05, 4.69) is 10.1 Å². The molecule has 9 nitrogen and oxygen atoms in total. The minimum absolute atomic E-state index is 0.0282. The summed E-state index contributed by atoms with van der Waals surface area (Å²) in [6, 6.07) is 8.50. The standard InChI is InChI=1S/C17H13FN2O7/c1-26-16(22)11-4-2-3-5-12(11)17(23)27-9-15(21)19-10-6-7-13(18)14(8-10)20(24)25/h2-8H,9H2,1H3,(H,19,21). The lowest BCUT2D eigenvalue weighted by molar-refractivity contribution is -0.387. The van der Waals surface area contributed by atoms with Gasteiger partial charge in [0.2, 0.25) is 5.82 Å². The van der Waals surface area contributed by atoms with Crippen LogP contribution < -0.4 is 5.32 Å². The maximum absolute atomic E-state index is 13.3. The first-order valence-corrected chi connectivity index (χ1v) is 7.41. The number of hydrogen-bond donors (Lipinski definition) is 1. The van der Waals surface area contributed by atoms with Gasteiger partial charge in [0.05, 0.1) is 23.2 Å². The maximum Gasteiger partial charge on any atom is 0.339 e. The molecule has 0 aromatic heterocycles. The number of carbonyl (C=O) groups is 3.